The number of hydrogen-bond acceptors (Lipinski definition) is 5. The highest BCUT2D eigenvalue weighted by atomic mass is 16.5. The maximum Gasteiger partial charge on any atom is 0.280 e. The van der Waals surface area contributed by atoms with Crippen molar-refractivity contribution in [2.75, 3.05) is 5.32 Å². The van der Waals surface area contributed by atoms with Crippen LogP contribution in [0.3, 0.4) is 0 Å². The zero-order valence-electron chi connectivity index (χ0n) is 12.2. The van der Waals surface area contributed by atoms with E-state index in [0.717, 1.165) is 17.0 Å². The van der Waals surface area contributed by atoms with E-state index >= 15 is 0 Å². The van der Waals surface area contributed by atoms with Crippen LogP contribution in [0.5, 0.6) is 0 Å². The quantitative estimate of drug-likeness (QED) is 0.803. The van der Waals surface area contributed by atoms with E-state index in [4.69, 9.17) is 4.52 Å². The molecule has 1 amide bonds. The Hall–Kier alpha value is -3.02. The molecule has 0 saturated carbocycles. The minimum atomic E-state index is -0.407. The van der Waals surface area contributed by atoms with Crippen LogP contribution < -0.4 is 5.32 Å². The van der Waals surface area contributed by atoms with Gasteiger partial charge in [-0.3, -0.25) is 10.1 Å². The molecule has 3 rings (SSSR count). The van der Waals surface area contributed by atoms with Crippen LogP contribution in [-0.2, 0) is 0 Å². The minimum Gasteiger partial charge on any atom is -0.355 e. The van der Waals surface area contributed by atoms with Gasteiger partial charge in [0.1, 0.15) is 0 Å². The van der Waals surface area contributed by atoms with Gasteiger partial charge in [0, 0.05) is 23.0 Å². The molecular weight excluding hydrogens is 280 g/mol. The van der Waals surface area contributed by atoms with Gasteiger partial charge in [-0.2, -0.15) is 0 Å². The number of benzene rings is 1. The molecule has 0 fully saturated rings. The van der Waals surface area contributed by atoms with E-state index in [1.54, 1.807) is 6.07 Å². The molecule has 0 bridgehead atoms. The summed E-state index contributed by atoms with van der Waals surface area (Å²) < 4.78 is 5.21. The fraction of sp³-hybridized carbons (Fsp3) is 0.125. The Morgan fingerprint density at radius 1 is 1.05 bits per heavy atom. The van der Waals surface area contributed by atoms with Crippen molar-refractivity contribution in [2.45, 2.75) is 13.8 Å². The summed E-state index contributed by atoms with van der Waals surface area (Å²) >= 11 is 0. The summed E-state index contributed by atoms with van der Waals surface area (Å²) in [6.45, 7) is 3.68. The van der Waals surface area contributed by atoms with Crippen molar-refractivity contribution in [3.8, 4) is 11.3 Å². The third-order valence-electron chi connectivity index (χ3n) is 3.01. The highest BCUT2D eigenvalue weighted by Crippen LogP contribution is 2.20. The van der Waals surface area contributed by atoms with Gasteiger partial charge in [0.25, 0.3) is 5.91 Å². The maximum absolute atomic E-state index is 12.2. The lowest BCUT2D eigenvalue weighted by atomic mass is 10.1. The van der Waals surface area contributed by atoms with Gasteiger partial charge in [-0.25, -0.2) is 9.97 Å². The molecular formula is C16H14N4O2. The van der Waals surface area contributed by atoms with Gasteiger partial charge in [0.05, 0.1) is 0 Å². The number of amides is 1. The topological polar surface area (TPSA) is 80.9 Å². The molecule has 22 heavy (non-hydrogen) atoms. The summed E-state index contributed by atoms with van der Waals surface area (Å²) in [7, 11) is 0. The normalized spacial score (nSPS) is 10.5. The Morgan fingerprint density at radius 3 is 2.41 bits per heavy atom. The molecule has 6 heteroatoms. The average molecular weight is 294 g/mol. The molecule has 0 spiro atoms. The van der Waals surface area contributed by atoms with Crippen molar-refractivity contribution >= 4 is 11.9 Å². The summed E-state index contributed by atoms with van der Waals surface area (Å²) in [5, 5.41) is 6.41. The number of aromatic nitrogens is 3. The Bertz CT molecular complexity index is 792. The van der Waals surface area contributed by atoms with Crippen molar-refractivity contribution in [2.24, 2.45) is 0 Å². The van der Waals surface area contributed by atoms with E-state index in [9.17, 15) is 4.79 Å². The third-order valence-corrected chi connectivity index (χ3v) is 3.01. The molecule has 0 aliphatic carbocycles. The first-order chi connectivity index (χ1) is 10.6. The van der Waals surface area contributed by atoms with Gasteiger partial charge in [-0.1, -0.05) is 35.5 Å². The number of nitrogens with zero attached hydrogens (tertiary/aromatic N) is 3. The summed E-state index contributed by atoms with van der Waals surface area (Å²) in [5.41, 5.74) is 2.61. The smallest absolute Gasteiger partial charge is 0.280 e. The molecule has 0 atom stereocenters. The van der Waals surface area contributed by atoms with Gasteiger partial charge in [-0.05, 0) is 19.9 Å². The molecule has 110 valence electrons. The van der Waals surface area contributed by atoms with Crippen LogP contribution >= 0.6 is 0 Å². The van der Waals surface area contributed by atoms with Crippen molar-refractivity contribution in [1.82, 2.24) is 15.1 Å². The van der Waals surface area contributed by atoms with Crippen LogP contribution in [0.4, 0.5) is 5.95 Å². The molecule has 2 heterocycles. The standard InChI is InChI=1S/C16H14N4O2/c1-10-8-11(2)18-16(17-10)19-15(21)13-9-14(22-20-13)12-6-4-3-5-7-12/h3-9H,1-2H3,(H,17,18,19,21). The zero-order valence-corrected chi connectivity index (χ0v) is 12.2. The van der Waals surface area contributed by atoms with Crippen LogP contribution in [0.2, 0.25) is 0 Å². The van der Waals surface area contributed by atoms with Gasteiger partial charge < -0.3 is 4.52 Å². The van der Waals surface area contributed by atoms with Gasteiger partial charge in [-0.15, -0.1) is 0 Å². The first-order valence-corrected chi connectivity index (χ1v) is 6.77. The van der Waals surface area contributed by atoms with Gasteiger partial charge in [0.15, 0.2) is 11.5 Å². The number of hydrogen-bond donors (Lipinski definition) is 1. The monoisotopic (exact) mass is 294 g/mol. The summed E-state index contributed by atoms with van der Waals surface area (Å²) in [6, 6.07) is 12.9. The van der Waals surface area contributed by atoms with Crippen LogP contribution in [0.1, 0.15) is 21.9 Å². The number of anilines is 1. The van der Waals surface area contributed by atoms with E-state index < -0.39 is 5.91 Å². The molecule has 1 N–H and O–H groups in total. The Balaban J connectivity index is 1.80. The average Bonchev–Trinajstić information content (AvgIpc) is 2.97. The van der Waals surface area contributed by atoms with E-state index in [1.807, 2.05) is 50.2 Å². The van der Waals surface area contributed by atoms with Crippen LogP contribution in [0.15, 0.2) is 47.0 Å². The molecule has 0 radical (unpaired) electrons. The van der Waals surface area contributed by atoms with E-state index in [-0.39, 0.29) is 11.6 Å². The number of carbonyl (C=O) groups is 1. The fourth-order valence-corrected chi connectivity index (χ4v) is 2.07. The van der Waals surface area contributed by atoms with E-state index in [1.165, 1.54) is 0 Å². The zero-order chi connectivity index (χ0) is 15.5. The fourth-order valence-electron chi connectivity index (χ4n) is 2.07. The highest BCUT2D eigenvalue weighted by molar-refractivity contribution is 6.02. The van der Waals surface area contributed by atoms with E-state index in [2.05, 4.69) is 20.4 Å². The molecule has 0 aliphatic heterocycles. The lowest BCUT2D eigenvalue weighted by molar-refractivity contribution is 0.101. The molecule has 3 aromatic rings. The van der Waals surface area contributed by atoms with Gasteiger partial charge in [0.2, 0.25) is 5.95 Å². The summed E-state index contributed by atoms with van der Waals surface area (Å²) in [6.07, 6.45) is 0. The molecule has 1 aromatic carbocycles. The van der Waals surface area contributed by atoms with Crippen molar-refractivity contribution in [3.05, 3.63) is 59.5 Å². The van der Waals surface area contributed by atoms with Crippen LogP contribution in [0.25, 0.3) is 11.3 Å². The second-order valence-electron chi connectivity index (χ2n) is 4.87. The molecule has 0 unspecified atom stereocenters. The van der Waals surface area contributed by atoms with Gasteiger partial charge >= 0.3 is 0 Å². The molecule has 0 aliphatic rings. The van der Waals surface area contributed by atoms with E-state index in [0.29, 0.717) is 5.76 Å². The van der Waals surface area contributed by atoms with Crippen molar-refractivity contribution in [3.63, 3.8) is 0 Å². The summed E-state index contributed by atoms with van der Waals surface area (Å²) in [4.78, 5) is 20.5. The number of nitrogens with one attached hydrogen (secondary N) is 1. The Labute approximate surface area is 127 Å². The molecule has 2 aromatic heterocycles. The largest absolute Gasteiger partial charge is 0.355 e. The SMILES string of the molecule is Cc1cc(C)nc(NC(=O)c2cc(-c3ccccc3)on2)n1. The first kappa shape index (κ1) is 13.9. The first-order valence-electron chi connectivity index (χ1n) is 6.77. The maximum atomic E-state index is 12.2. The van der Waals surface area contributed by atoms with Crippen molar-refractivity contribution in [1.29, 1.82) is 0 Å². The lowest BCUT2D eigenvalue weighted by Gasteiger charge is -2.03. The summed E-state index contributed by atoms with van der Waals surface area (Å²) in [5.74, 6) is 0.384. The number of rotatable bonds is 3. The predicted octanol–water partition coefficient (Wildman–Crippen LogP) is 3.00. The van der Waals surface area contributed by atoms with Crippen molar-refractivity contribution < 1.29 is 9.32 Å². The second-order valence-corrected chi connectivity index (χ2v) is 4.87. The Kier molecular flexibility index (Phi) is 3.65. The van der Waals surface area contributed by atoms with Crippen LogP contribution in [-0.4, -0.2) is 21.0 Å². The molecule has 0 saturated heterocycles. The third kappa shape index (κ3) is 3.01. The number of carbonyl (C=O) groups excluding carboxylic acids is 1. The number of aryl methyl sites for hydroxylation is 2. The highest BCUT2D eigenvalue weighted by Gasteiger charge is 2.15. The molecule has 6 nitrogen and oxygen atoms in total. The Morgan fingerprint density at radius 2 is 1.73 bits per heavy atom. The minimum absolute atomic E-state index is 0.182. The van der Waals surface area contributed by atoms with Crippen LogP contribution in [0, 0.1) is 13.8 Å². The predicted molar refractivity (Wildman–Crippen MR) is 81.4 cm³/mol. The second kappa shape index (κ2) is 5.77. The lowest BCUT2D eigenvalue weighted by Crippen LogP contribution is -2.15.